The first-order valence-corrected chi connectivity index (χ1v) is 12.5. The van der Waals surface area contributed by atoms with Crippen molar-refractivity contribution in [1.29, 1.82) is 0 Å². The van der Waals surface area contributed by atoms with Gasteiger partial charge in [-0.3, -0.25) is 4.79 Å². The normalized spacial score (nSPS) is 15.0. The van der Waals surface area contributed by atoms with Crippen LogP contribution >= 0.6 is 0 Å². The summed E-state index contributed by atoms with van der Waals surface area (Å²) in [4.78, 5) is 30.9. The fraction of sp³-hybridized carbons (Fsp3) is 0.276. The van der Waals surface area contributed by atoms with Crippen molar-refractivity contribution in [3.05, 3.63) is 89.7 Å². The van der Waals surface area contributed by atoms with Crippen LogP contribution in [-0.4, -0.2) is 47.8 Å². The Balaban J connectivity index is 1.52. The molecule has 0 saturated carbocycles. The topological polar surface area (TPSA) is 94.5 Å². The van der Waals surface area contributed by atoms with Gasteiger partial charge < -0.3 is 24.7 Å². The van der Waals surface area contributed by atoms with Gasteiger partial charge in [0.15, 0.2) is 5.69 Å². The zero-order chi connectivity index (χ0) is 25.6. The first-order valence-electron chi connectivity index (χ1n) is 12.5. The Hall–Kier alpha value is -4.17. The SMILES string of the molecule is COC(=O)c1c(NC(=O)c2ccccc2)c2cc(NCCc3ccccc3)cnc2n1CC1CCCO1. The first-order chi connectivity index (χ1) is 18.1. The van der Waals surface area contributed by atoms with Crippen LogP contribution in [0.5, 0.6) is 0 Å². The Bertz CT molecular complexity index is 1380. The van der Waals surface area contributed by atoms with Crippen molar-refractivity contribution in [3.8, 4) is 0 Å². The van der Waals surface area contributed by atoms with E-state index in [2.05, 4.69) is 22.8 Å². The van der Waals surface area contributed by atoms with Gasteiger partial charge in [-0.15, -0.1) is 0 Å². The van der Waals surface area contributed by atoms with Crippen LogP contribution in [0.4, 0.5) is 11.4 Å². The molecule has 2 aromatic heterocycles. The highest BCUT2D eigenvalue weighted by molar-refractivity contribution is 6.14. The monoisotopic (exact) mass is 498 g/mol. The molecule has 8 nitrogen and oxygen atoms in total. The van der Waals surface area contributed by atoms with Crippen molar-refractivity contribution >= 4 is 34.3 Å². The third-order valence-corrected chi connectivity index (χ3v) is 6.55. The molecule has 0 spiro atoms. The number of benzene rings is 2. The Morgan fingerprint density at radius 2 is 1.86 bits per heavy atom. The summed E-state index contributed by atoms with van der Waals surface area (Å²) in [5, 5.41) is 7.05. The zero-order valence-corrected chi connectivity index (χ0v) is 20.8. The number of rotatable bonds is 9. The maximum atomic E-state index is 13.2. The molecule has 1 amide bonds. The standard InChI is InChI=1S/C29H30N4O4/c1-36-29(35)26-25(32-28(34)21-11-6-3-7-12-21)24-17-22(30-15-14-20-9-4-2-5-10-20)18-31-27(24)33(26)19-23-13-8-16-37-23/h2-7,9-12,17-18,23,30H,8,13-16,19H2,1H3,(H,32,34). The summed E-state index contributed by atoms with van der Waals surface area (Å²) in [6.07, 6.45) is 4.43. The highest BCUT2D eigenvalue weighted by atomic mass is 16.5. The fourth-order valence-corrected chi connectivity index (χ4v) is 4.70. The van der Waals surface area contributed by atoms with Gasteiger partial charge in [-0.2, -0.15) is 0 Å². The van der Waals surface area contributed by atoms with E-state index in [9.17, 15) is 9.59 Å². The number of carbonyl (C=O) groups is 2. The number of hydrogen-bond acceptors (Lipinski definition) is 6. The van der Waals surface area contributed by atoms with E-state index in [0.717, 1.165) is 24.9 Å². The quantitative estimate of drug-likeness (QED) is 0.319. The number of esters is 1. The summed E-state index contributed by atoms with van der Waals surface area (Å²) >= 11 is 0. The molecular weight excluding hydrogens is 468 g/mol. The van der Waals surface area contributed by atoms with E-state index in [4.69, 9.17) is 14.5 Å². The highest BCUT2D eigenvalue weighted by Crippen LogP contribution is 2.34. The van der Waals surface area contributed by atoms with Crippen LogP contribution in [0.1, 0.15) is 39.3 Å². The lowest BCUT2D eigenvalue weighted by atomic mass is 10.1. The Labute approximate surface area is 215 Å². The molecule has 1 atom stereocenters. The molecule has 1 aliphatic heterocycles. The minimum Gasteiger partial charge on any atom is -0.464 e. The molecule has 4 aromatic rings. The summed E-state index contributed by atoms with van der Waals surface area (Å²) in [7, 11) is 1.34. The van der Waals surface area contributed by atoms with E-state index in [1.54, 1.807) is 30.5 Å². The van der Waals surface area contributed by atoms with Crippen LogP contribution in [0.3, 0.4) is 0 Å². The molecule has 2 aromatic carbocycles. The van der Waals surface area contributed by atoms with Crippen LogP contribution in [-0.2, 0) is 22.4 Å². The second-order valence-electron chi connectivity index (χ2n) is 9.04. The summed E-state index contributed by atoms with van der Waals surface area (Å²) in [5.74, 6) is -0.859. The van der Waals surface area contributed by atoms with Crippen molar-refractivity contribution in [2.45, 2.75) is 31.9 Å². The number of pyridine rings is 1. The largest absolute Gasteiger partial charge is 0.464 e. The van der Waals surface area contributed by atoms with E-state index in [1.165, 1.54) is 12.7 Å². The van der Waals surface area contributed by atoms with Crippen LogP contribution in [0, 0.1) is 0 Å². The van der Waals surface area contributed by atoms with E-state index in [0.29, 0.717) is 42.0 Å². The van der Waals surface area contributed by atoms with Crippen LogP contribution in [0.15, 0.2) is 72.9 Å². The number of fused-ring (bicyclic) bond motifs is 1. The summed E-state index contributed by atoms with van der Waals surface area (Å²) in [5.41, 5.74) is 3.75. The number of ether oxygens (including phenoxy) is 2. The summed E-state index contributed by atoms with van der Waals surface area (Å²) in [6.45, 7) is 1.84. The number of anilines is 2. The maximum Gasteiger partial charge on any atom is 0.356 e. The summed E-state index contributed by atoms with van der Waals surface area (Å²) in [6, 6.07) is 21.1. The molecule has 37 heavy (non-hydrogen) atoms. The van der Waals surface area contributed by atoms with Crippen LogP contribution in [0.2, 0.25) is 0 Å². The number of nitrogens with one attached hydrogen (secondary N) is 2. The molecule has 1 aliphatic rings. The zero-order valence-electron chi connectivity index (χ0n) is 20.8. The average molecular weight is 499 g/mol. The third kappa shape index (κ3) is 5.49. The van der Waals surface area contributed by atoms with Crippen molar-refractivity contribution in [2.24, 2.45) is 0 Å². The smallest absolute Gasteiger partial charge is 0.356 e. The van der Waals surface area contributed by atoms with E-state index < -0.39 is 5.97 Å². The number of hydrogen-bond donors (Lipinski definition) is 2. The van der Waals surface area contributed by atoms with Gasteiger partial charge in [0.1, 0.15) is 5.65 Å². The lowest BCUT2D eigenvalue weighted by Gasteiger charge is -2.14. The molecule has 0 aliphatic carbocycles. The van der Waals surface area contributed by atoms with Crippen molar-refractivity contribution in [3.63, 3.8) is 0 Å². The molecule has 0 radical (unpaired) electrons. The number of nitrogens with zero attached hydrogens (tertiary/aromatic N) is 2. The number of methoxy groups -OCH3 is 1. The van der Waals surface area contributed by atoms with Crippen LogP contribution < -0.4 is 10.6 Å². The predicted octanol–water partition coefficient (Wildman–Crippen LogP) is 4.91. The van der Waals surface area contributed by atoms with Crippen molar-refractivity contribution in [2.75, 3.05) is 30.9 Å². The van der Waals surface area contributed by atoms with Gasteiger partial charge in [0.25, 0.3) is 5.91 Å². The van der Waals surface area contributed by atoms with E-state index in [-0.39, 0.29) is 17.7 Å². The molecule has 3 heterocycles. The lowest BCUT2D eigenvalue weighted by Crippen LogP contribution is -2.21. The van der Waals surface area contributed by atoms with Gasteiger partial charge in [-0.25, -0.2) is 9.78 Å². The Morgan fingerprint density at radius 3 is 2.57 bits per heavy atom. The predicted molar refractivity (Wildman–Crippen MR) is 143 cm³/mol. The second kappa shape index (κ2) is 11.3. The molecule has 0 bridgehead atoms. The second-order valence-corrected chi connectivity index (χ2v) is 9.04. The van der Waals surface area contributed by atoms with Crippen molar-refractivity contribution < 1.29 is 19.1 Å². The molecule has 1 fully saturated rings. The average Bonchev–Trinajstić information content (AvgIpc) is 3.56. The molecule has 8 heteroatoms. The van der Waals surface area contributed by atoms with Crippen LogP contribution in [0.25, 0.3) is 11.0 Å². The van der Waals surface area contributed by atoms with E-state index >= 15 is 0 Å². The third-order valence-electron chi connectivity index (χ3n) is 6.55. The molecule has 5 rings (SSSR count). The highest BCUT2D eigenvalue weighted by Gasteiger charge is 2.29. The molecule has 1 unspecified atom stereocenters. The number of aromatic nitrogens is 2. The van der Waals surface area contributed by atoms with Gasteiger partial charge in [-0.1, -0.05) is 48.5 Å². The van der Waals surface area contributed by atoms with Gasteiger partial charge in [-0.05, 0) is 43.0 Å². The number of amides is 1. The first kappa shape index (κ1) is 24.5. The molecule has 1 saturated heterocycles. The molecular formula is C29H30N4O4. The molecule has 2 N–H and O–H groups in total. The molecule has 190 valence electrons. The Kier molecular flexibility index (Phi) is 7.46. The lowest BCUT2D eigenvalue weighted by molar-refractivity contribution is 0.0580. The van der Waals surface area contributed by atoms with E-state index in [1.807, 2.05) is 34.9 Å². The minimum absolute atomic E-state index is 0.0397. The van der Waals surface area contributed by atoms with Gasteiger partial charge in [0.2, 0.25) is 0 Å². The maximum absolute atomic E-state index is 13.2. The van der Waals surface area contributed by atoms with Gasteiger partial charge >= 0.3 is 5.97 Å². The number of carbonyl (C=O) groups excluding carboxylic acids is 2. The minimum atomic E-state index is -0.544. The van der Waals surface area contributed by atoms with Gasteiger partial charge in [0.05, 0.1) is 37.3 Å². The fourth-order valence-electron chi connectivity index (χ4n) is 4.70. The Morgan fingerprint density at radius 1 is 1.11 bits per heavy atom. The van der Waals surface area contributed by atoms with Crippen molar-refractivity contribution in [1.82, 2.24) is 9.55 Å². The van der Waals surface area contributed by atoms with Gasteiger partial charge in [0, 0.05) is 24.1 Å². The summed E-state index contributed by atoms with van der Waals surface area (Å²) < 4.78 is 12.8.